The molecule has 0 amide bonds. The Labute approximate surface area is 139 Å². The van der Waals surface area contributed by atoms with Crippen LogP contribution < -0.4 is 0 Å². The molecule has 2 aromatic carbocycles. The minimum absolute atomic E-state index is 0.0295. The fourth-order valence-electron chi connectivity index (χ4n) is 3.07. The molecule has 3 rings (SSSR count). The Morgan fingerprint density at radius 1 is 1.14 bits per heavy atom. The Morgan fingerprint density at radius 2 is 1.91 bits per heavy atom. The summed E-state index contributed by atoms with van der Waals surface area (Å²) >= 11 is 3.42. The predicted octanol–water partition coefficient (Wildman–Crippen LogP) is 3.03. The number of halogens is 1. The van der Waals surface area contributed by atoms with Crippen molar-refractivity contribution in [3.05, 3.63) is 69.7 Å². The van der Waals surface area contributed by atoms with Gasteiger partial charge in [-0.25, -0.2) is 0 Å². The van der Waals surface area contributed by atoms with Crippen molar-refractivity contribution in [1.29, 1.82) is 0 Å². The third-order valence-electron chi connectivity index (χ3n) is 4.33. The van der Waals surface area contributed by atoms with Crippen LogP contribution in [0.15, 0.2) is 53.0 Å². The van der Waals surface area contributed by atoms with Crippen molar-refractivity contribution in [2.45, 2.75) is 25.2 Å². The first-order chi connectivity index (χ1) is 10.6. The van der Waals surface area contributed by atoms with Crippen LogP contribution in [0, 0.1) is 0 Å². The topological polar surface area (TPSA) is 43.7 Å². The van der Waals surface area contributed by atoms with Gasteiger partial charge >= 0.3 is 0 Å². The number of rotatable bonds is 4. The molecule has 116 valence electrons. The number of benzene rings is 2. The van der Waals surface area contributed by atoms with E-state index < -0.39 is 5.60 Å². The molecule has 0 bridgehead atoms. The van der Waals surface area contributed by atoms with Gasteiger partial charge in [0.25, 0.3) is 0 Å². The second-order valence-electron chi connectivity index (χ2n) is 5.94. The Morgan fingerprint density at radius 3 is 2.64 bits per heavy atom. The van der Waals surface area contributed by atoms with Crippen LogP contribution >= 0.6 is 15.9 Å². The lowest BCUT2D eigenvalue weighted by molar-refractivity contribution is 0.0451. The van der Waals surface area contributed by atoms with Gasteiger partial charge in [-0.05, 0) is 35.2 Å². The third kappa shape index (κ3) is 3.25. The first kappa shape index (κ1) is 15.7. The molecular formula is C18H20BrNO2. The molecule has 0 radical (unpaired) electrons. The van der Waals surface area contributed by atoms with E-state index >= 15 is 0 Å². The average molecular weight is 362 g/mol. The van der Waals surface area contributed by atoms with Crippen molar-refractivity contribution in [2.24, 2.45) is 0 Å². The highest BCUT2D eigenvalue weighted by Gasteiger charge is 2.37. The Balaban J connectivity index is 1.75. The zero-order valence-corrected chi connectivity index (χ0v) is 14.0. The molecule has 4 heteroatoms. The molecule has 3 nitrogen and oxygen atoms in total. The zero-order chi connectivity index (χ0) is 15.6. The molecule has 22 heavy (non-hydrogen) atoms. The van der Waals surface area contributed by atoms with Gasteiger partial charge < -0.3 is 10.2 Å². The molecular weight excluding hydrogens is 342 g/mol. The van der Waals surface area contributed by atoms with Crippen LogP contribution in [0.4, 0.5) is 0 Å². The maximum atomic E-state index is 11.0. The van der Waals surface area contributed by atoms with Gasteiger partial charge in [0.05, 0.1) is 6.61 Å². The van der Waals surface area contributed by atoms with E-state index in [-0.39, 0.29) is 6.61 Å². The summed E-state index contributed by atoms with van der Waals surface area (Å²) in [6, 6.07) is 16.1. The number of aliphatic hydroxyl groups excluding tert-OH is 1. The normalized spacial score (nSPS) is 22.1. The number of aliphatic hydroxyl groups is 2. The molecule has 0 saturated carbocycles. The third-order valence-corrected chi connectivity index (χ3v) is 5.10. The molecule has 1 aliphatic rings. The van der Waals surface area contributed by atoms with E-state index in [1.165, 1.54) is 5.56 Å². The van der Waals surface area contributed by atoms with Crippen LogP contribution in [0.25, 0.3) is 0 Å². The highest BCUT2D eigenvalue weighted by molar-refractivity contribution is 9.10. The van der Waals surface area contributed by atoms with Gasteiger partial charge in [-0.15, -0.1) is 0 Å². The highest BCUT2D eigenvalue weighted by Crippen LogP contribution is 2.34. The minimum Gasteiger partial charge on any atom is -0.392 e. The summed E-state index contributed by atoms with van der Waals surface area (Å²) in [5, 5.41) is 20.4. The number of β-amino-alcohol motifs (C(OH)–C–C–N with tert-alkyl or cyclic N) is 1. The van der Waals surface area contributed by atoms with Gasteiger partial charge in [0, 0.05) is 24.1 Å². The first-order valence-corrected chi connectivity index (χ1v) is 8.28. The summed E-state index contributed by atoms with van der Waals surface area (Å²) in [6.45, 7) is 2.31. The Kier molecular flexibility index (Phi) is 4.64. The van der Waals surface area contributed by atoms with Crippen LogP contribution in [0.2, 0.25) is 0 Å². The lowest BCUT2D eigenvalue weighted by Crippen LogP contribution is -2.30. The van der Waals surface area contributed by atoms with Crippen molar-refractivity contribution in [3.63, 3.8) is 0 Å². The van der Waals surface area contributed by atoms with Crippen molar-refractivity contribution >= 4 is 15.9 Å². The minimum atomic E-state index is -0.834. The molecule has 1 unspecified atom stereocenters. The van der Waals surface area contributed by atoms with Gasteiger partial charge in [-0.1, -0.05) is 52.3 Å². The van der Waals surface area contributed by atoms with Gasteiger partial charge in [0.2, 0.25) is 0 Å². The second-order valence-corrected chi connectivity index (χ2v) is 6.80. The largest absolute Gasteiger partial charge is 0.392 e. The molecule has 0 aliphatic carbocycles. The van der Waals surface area contributed by atoms with Crippen molar-refractivity contribution in [3.8, 4) is 0 Å². The predicted molar refractivity (Wildman–Crippen MR) is 90.3 cm³/mol. The molecule has 1 aliphatic heterocycles. The fraction of sp³-hybridized carbons (Fsp3) is 0.333. The van der Waals surface area contributed by atoms with Crippen LogP contribution in [-0.4, -0.2) is 28.2 Å². The van der Waals surface area contributed by atoms with Gasteiger partial charge in [0.15, 0.2) is 0 Å². The van der Waals surface area contributed by atoms with E-state index in [0.717, 1.165) is 28.7 Å². The molecule has 1 saturated heterocycles. The molecule has 1 fully saturated rings. The molecule has 0 spiro atoms. The van der Waals surface area contributed by atoms with Crippen LogP contribution in [0.1, 0.15) is 23.1 Å². The van der Waals surface area contributed by atoms with Gasteiger partial charge in [-0.2, -0.15) is 0 Å². The molecule has 1 atom stereocenters. The van der Waals surface area contributed by atoms with E-state index in [1.807, 2.05) is 36.4 Å². The number of hydrogen-bond acceptors (Lipinski definition) is 3. The summed E-state index contributed by atoms with van der Waals surface area (Å²) in [6.07, 6.45) is 0.715. The van der Waals surface area contributed by atoms with E-state index in [2.05, 4.69) is 33.0 Å². The zero-order valence-electron chi connectivity index (χ0n) is 12.4. The standard InChI is InChI=1S/C18H20BrNO2/c19-17-7-6-16(10-15(17)12-21)18(22)8-9-20(13-18)11-14-4-2-1-3-5-14/h1-7,10,21-22H,8-9,11-13H2. The lowest BCUT2D eigenvalue weighted by Gasteiger charge is -2.25. The van der Waals surface area contributed by atoms with Crippen molar-refractivity contribution < 1.29 is 10.2 Å². The Hall–Kier alpha value is -1.20. The molecule has 1 heterocycles. The highest BCUT2D eigenvalue weighted by atomic mass is 79.9. The second kappa shape index (κ2) is 6.50. The van der Waals surface area contributed by atoms with Gasteiger partial charge in [-0.3, -0.25) is 4.90 Å². The number of hydrogen-bond donors (Lipinski definition) is 2. The monoisotopic (exact) mass is 361 g/mol. The Bertz CT molecular complexity index is 647. The summed E-state index contributed by atoms with van der Waals surface area (Å²) < 4.78 is 0.876. The summed E-state index contributed by atoms with van der Waals surface area (Å²) in [4.78, 5) is 2.27. The van der Waals surface area contributed by atoms with E-state index in [9.17, 15) is 10.2 Å². The van der Waals surface area contributed by atoms with E-state index in [0.29, 0.717) is 13.0 Å². The molecule has 0 aromatic heterocycles. The SMILES string of the molecule is OCc1cc(C2(O)CCN(Cc3ccccc3)C2)ccc1Br. The van der Waals surface area contributed by atoms with Crippen LogP contribution in [0.3, 0.4) is 0 Å². The molecule has 2 N–H and O–H groups in total. The summed E-state index contributed by atoms with van der Waals surface area (Å²) in [5.74, 6) is 0. The van der Waals surface area contributed by atoms with E-state index in [4.69, 9.17) is 0 Å². The lowest BCUT2D eigenvalue weighted by atomic mass is 9.92. The fourth-order valence-corrected chi connectivity index (χ4v) is 3.44. The van der Waals surface area contributed by atoms with Crippen molar-refractivity contribution in [1.82, 2.24) is 4.90 Å². The summed E-state index contributed by atoms with van der Waals surface area (Å²) in [7, 11) is 0. The smallest absolute Gasteiger partial charge is 0.103 e. The molecule has 2 aromatic rings. The quantitative estimate of drug-likeness (QED) is 0.879. The summed E-state index contributed by atoms with van der Waals surface area (Å²) in [5.41, 5.74) is 2.13. The maximum Gasteiger partial charge on any atom is 0.103 e. The van der Waals surface area contributed by atoms with Crippen LogP contribution in [0.5, 0.6) is 0 Å². The van der Waals surface area contributed by atoms with Crippen molar-refractivity contribution in [2.75, 3.05) is 13.1 Å². The van der Waals surface area contributed by atoms with Crippen LogP contribution in [-0.2, 0) is 18.8 Å². The number of nitrogens with zero attached hydrogens (tertiary/aromatic N) is 1. The van der Waals surface area contributed by atoms with E-state index in [1.54, 1.807) is 0 Å². The van der Waals surface area contributed by atoms with Gasteiger partial charge in [0.1, 0.15) is 5.60 Å². The maximum absolute atomic E-state index is 11.0. The average Bonchev–Trinajstić information content (AvgIpc) is 2.91. The number of likely N-dealkylation sites (tertiary alicyclic amines) is 1. The first-order valence-electron chi connectivity index (χ1n) is 7.49.